The first-order valence-corrected chi connectivity index (χ1v) is 7.35. The van der Waals surface area contributed by atoms with E-state index in [0.717, 1.165) is 17.3 Å². The highest BCUT2D eigenvalue weighted by molar-refractivity contribution is 5.88. The second-order valence-corrected chi connectivity index (χ2v) is 6.62. The molecular formula is C18H17F2NO2. The molecule has 23 heavy (non-hydrogen) atoms. The minimum atomic E-state index is -0.972. The Bertz CT molecular complexity index is 766. The lowest BCUT2D eigenvalue weighted by Gasteiger charge is -2.41. The van der Waals surface area contributed by atoms with Gasteiger partial charge in [0.15, 0.2) is 0 Å². The maximum Gasteiger partial charge on any atom is 0.335 e. The van der Waals surface area contributed by atoms with E-state index in [2.05, 4.69) is 5.32 Å². The Balaban J connectivity index is 2.03. The number of fused-ring (bicyclic) bond motifs is 1. The molecule has 2 aromatic rings. The van der Waals surface area contributed by atoms with Gasteiger partial charge in [-0.3, -0.25) is 0 Å². The normalized spacial score (nSPS) is 18.9. The fourth-order valence-corrected chi connectivity index (χ4v) is 3.23. The van der Waals surface area contributed by atoms with Crippen LogP contribution in [-0.2, 0) is 6.42 Å². The zero-order valence-corrected chi connectivity index (χ0v) is 12.9. The minimum absolute atomic E-state index is 0.233. The van der Waals surface area contributed by atoms with E-state index >= 15 is 0 Å². The molecule has 0 bridgehead atoms. The average Bonchev–Trinajstić information content (AvgIpc) is 2.43. The Hall–Kier alpha value is -2.43. The van der Waals surface area contributed by atoms with Crippen LogP contribution in [0.25, 0.3) is 0 Å². The van der Waals surface area contributed by atoms with Crippen LogP contribution in [0, 0.1) is 17.0 Å². The first-order chi connectivity index (χ1) is 10.8. The molecule has 0 amide bonds. The van der Waals surface area contributed by atoms with Gasteiger partial charge in [0, 0.05) is 11.8 Å². The van der Waals surface area contributed by atoms with E-state index in [4.69, 9.17) is 5.11 Å². The monoisotopic (exact) mass is 317 g/mol. The van der Waals surface area contributed by atoms with Gasteiger partial charge in [-0.15, -0.1) is 0 Å². The van der Waals surface area contributed by atoms with Gasteiger partial charge in [-0.05, 0) is 53.3 Å². The molecule has 3 rings (SSSR count). The molecule has 1 aliphatic heterocycles. The number of carboxylic acids is 1. The smallest absolute Gasteiger partial charge is 0.335 e. The van der Waals surface area contributed by atoms with Crippen LogP contribution < -0.4 is 5.32 Å². The summed E-state index contributed by atoms with van der Waals surface area (Å²) in [6, 6.07) is 8.13. The second-order valence-electron chi connectivity index (χ2n) is 6.62. The predicted molar refractivity (Wildman–Crippen MR) is 83.6 cm³/mol. The maximum absolute atomic E-state index is 13.5. The molecule has 5 heteroatoms. The molecule has 0 fully saturated rings. The quantitative estimate of drug-likeness (QED) is 0.863. The largest absolute Gasteiger partial charge is 0.478 e. The Labute approximate surface area is 133 Å². The molecule has 2 aromatic carbocycles. The summed E-state index contributed by atoms with van der Waals surface area (Å²) in [5.41, 5.74) is 2.13. The summed E-state index contributed by atoms with van der Waals surface area (Å²) in [6.07, 6.45) is 0.610. The first kappa shape index (κ1) is 15.5. The molecule has 3 nitrogen and oxygen atoms in total. The Kier molecular flexibility index (Phi) is 3.59. The van der Waals surface area contributed by atoms with Crippen LogP contribution in [0.4, 0.5) is 14.5 Å². The summed E-state index contributed by atoms with van der Waals surface area (Å²) in [5.74, 6) is -2.19. The predicted octanol–water partition coefficient (Wildman–Crippen LogP) is 4.40. The molecule has 0 radical (unpaired) electrons. The van der Waals surface area contributed by atoms with Crippen molar-refractivity contribution in [2.45, 2.75) is 26.3 Å². The molecular weight excluding hydrogens is 300 g/mol. The van der Waals surface area contributed by atoms with Gasteiger partial charge in [0.1, 0.15) is 11.6 Å². The van der Waals surface area contributed by atoms with E-state index in [-0.39, 0.29) is 17.0 Å². The number of nitrogens with one attached hydrogen (secondary N) is 1. The van der Waals surface area contributed by atoms with E-state index < -0.39 is 17.6 Å². The molecule has 1 aliphatic rings. The molecule has 0 aliphatic carbocycles. The molecule has 1 heterocycles. The van der Waals surface area contributed by atoms with Crippen molar-refractivity contribution in [3.8, 4) is 0 Å². The molecule has 1 unspecified atom stereocenters. The van der Waals surface area contributed by atoms with Crippen LogP contribution in [0.2, 0.25) is 0 Å². The standard InChI is InChI=1S/C18H17F2NO2/c1-18(2)9-12-5-10(17(22)23)3-4-15(12)21-16(18)11-6-13(19)8-14(20)7-11/h3-8,16,21H,9H2,1-2H3,(H,22,23). The van der Waals surface area contributed by atoms with Gasteiger partial charge in [0.05, 0.1) is 11.6 Å². The third kappa shape index (κ3) is 2.91. The van der Waals surface area contributed by atoms with Crippen LogP contribution in [0.1, 0.15) is 41.4 Å². The van der Waals surface area contributed by atoms with Gasteiger partial charge in [0.2, 0.25) is 0 Å². The Morgan fingerprint density at radius 2 is 1.83 bits per heavy atom. The van der Waals surface area contributed by atoms with E-state index in [0.29, 0.717) is 12.0 Å². The number of hydrogen-bond donors (Lipinski definition) is 2. The van der Waals surface area contributed by atoms with Crippen LogP contribution in [0.15, 0.2) is 36.4 Å². The lowest BCUT2D eigenvalue weighted by Crippen LogP contribution is -2.35. The number of benzene rings is 2. The summed E-state index contributed by atoms with van der Waals surface area (Å²) < 4.78 is 27.1. The van der Waals surface area contributed by atoms with Crippen molar-refractivity contribution in [2.75, 3.05) is 5.32 Å². The summed E-state index contributed by atoms with van der Waals surface area (Å²) in [6.45, 7) is 3.98. The zero-order valence-electron chi connectivity index (χ0n) is 12.9. The third-order valence-electron chi connectivity index (χ3n) is 4.30. The second kappa shape index (κ2) is 5.33. The zero-order chi connectivity index (χ0) is 16.8. The third-order valence-corrected chi connectivity index (χ3v) is 4.30. The van der Waals surface area contributed by atoms with Gasteiger partial charge < -0.3 is 10.4 Å². The van der Waals surface area contributed by atoms with Crippen LogP contribution >= 0.6 is 0 Å². The SMILES string of the molecule is CC1(C)Cc2cc(C(=O)O)ccc2NC1c1cc(F)cc(F)c1. The Morgan fingerprint density at radius 1 is 1.17 bits per heavy atom. The van der Waals surface area contributed by atoms with E-state index in [9.17, 15) is 13.6 Å². The maximum atomic E-state index is 13.5. The van der Waals surface area contributed by atoms with Crippen molar-refractivity contribution in [2.24, 2.45) is 5.41 Å². The van der Waals surface area contributed by atoms with Gasteiger partial charge in [0.25, 0.3) is 0 Å². The molecule has 0 aromatic heterocycles. The van der Waals surface area contributed by atoms with Crippen molar-refractivity contribution >= 4 is 11.7 Å². The van der Waals surface area contributed by atoms with E-state index in [1.165, 1.54) is 18.2 Å². The number of halogens is 2. The molecule has 0 spiro atoms. The van der Waals surface area contributed by atoms with Gasteiger partial charge in [-0.25, -0.2) is 13.6 Å². The van der Waals surface area contributed by atoms with Crippen LogP contribution in [-0.4, -0.2) is 11.1 Å². The van der Waals surface area contributed by atoms with Crippen molar-refractivity contribution in [3.05, 3.63) is 64.7 Å². The topological polar surface area (TPSA) is 49.3 Å². The highest BCUT2D eigenvalue weighted by Gasteiger charge is 2.36. The average molecular weight is 317 g/mol. The van der Waals surface area contributed by atoms with E-state index in [1.54, 1.807) is 12.1 Å². The number of carboxylic acid groups (broad SMARTS) is 1. The minimum Gasteiger partial charge on any atom is -0.478 e. The molecule has 0 saturated carbocycles. The fraction of sp³-hybridized carbons (Fsp3) is 0.278. The number of rotatable bonds is 2. The van der Waals surface area contributed by atoms with Crippen molar-refractivity contribution in [1.82, 2.24) is 0 Å². The van der Waals surface area contributed by atoms with Gasteiger partial charge in [-0.1, -0.05) is 13.8 Å². The molecule has 120 valence electrons. The lowest BCUT2D eigenvalue weighted by atomic mass is 9.72. The van der Waals surface area contributed by atoms with Gasteiger partial charge in [-0.2, -0.15) is 0 Å². The first-order valence-electron chi connectivity index (χ1n) is 7.35. The molecule has 0 saturated heterocycles. The van der Waals surface area contributed by atoms with Crippen LogP contribution in [0.5, 0.6) is 0 Å². The van der Waals surface area contributed by atoms with Crippen molar-refractivity contribution < 1.29 is 18.7 Å². The Morgan fingerprint density at radius 3 is 2.43 bits per heavy atom. The summed E-state index contributed by atoms with van der Waals surface area (Å²) in [4.78, 5) is 11.1. The summed E-state index contributed by atoms with van der Waals surface area (Å²) >= 11 is 0. The number of hydrogen-bond acceptors (Lipinski definition) is 2. The van der Waals surface area contributed by atoms with Gasteiger partial charge >= 0.3 is 5.97 Å². The number of aromatic carboxylic acids is 1. The highest BCUT2D eigenvalue weighted by atomic mass is 19.1. The molecule has 2 N–H and O–H groups in total. The van der Waals surface area contributed by atoms with E-state index in [1.807, 2.05) is 13.8 Å². The van der Waals surface area contributed by atoms with Crippen molar-refractivity contribution in [3.63, 3.8) is 0 Å². The summed E-state index contributed by atoms with van der Waals surface area (Å²) in [5, 5.41) is 12.4. The van der Waals surface area contributed by atoms with Crippen molar-refractivity contribution in [1.29, 1.82) is 0 Å². The summed E-state index contributed by atoms with van der Waals surface area (Å²) in [7, 11) is 0. The fourth-order valence-electron chi connectivity index (χ4n) is 3.23. The molecule has 1 atom stereocenters. The van der Waals surface area contributed by atoms with Crippen LogP contribution in [0.3, 0.4) is 0 Å². The number of anilines is 1. The highest BCUT2D eigenvalue weighted by Crippen LogP contribution is 2.45. The number of carbonyl (C=O) groups is 1. The lowest BCUT2D eigenvalue weighted by molar-refractivity contribution is 0.0696.